The molecule has 26 heavy (non-hydrogen) atoms. The maximum Gasteiger partial charge on any atom is 0.251 e. The first-order valence-electron chi connectivity index (χ1n) is 9.62. The molecule has 4 nitrogen and oxygen atoms in total. The van der Waals surface area contributed by atoms with E-state index in [1.807, 2.05) is 30.3 Å². The molecule has 1 amide bonds. The van der Waals surface area contributed by atoms with Crippen molar-refractivity contribution in [3.8, 4) is 5.75 Å². The lowest BCUT2D eigenvalue weighted by Crippen LogP contribution is -2.25. The molecular formula is C22H28N2O2. The number of nitrogens with one attached hydrogen (secondary N) is 1. The maximum absolute atomic E-state index is 12.5. The van der Waals surface area contributed by atoms with E-state index in [0.29, 0.717) is 12.1 Å². The van der Waals surface area contributed by atoms with Gasteiger partial charge in [-0.25, -0.2) is 0 Å². The zero-order valence-corrected chi connectivity index (χ0v) is 15.5. The van der Waals surface area contributed by atoms with E-state index in [9.17, 15) is 4.79 Å². The van der Waals surface area contributed by atoms with Crippen molar-refractivity contribution in [2.24, 2.45) is 0 Å². The van der Waals surface area contributed by atoms with Crippen LogP contribution in [0.4, 0.5) is 5.69 Å². The van der Waals surface area contributed by atoms with Gasteiger partial charge in [0, 0.05) is 30.9 Å². The van der Waals surface area contributed by atoms with E-state index in [4.69, 9.17) is 4.74 Å². The van der Waals surface area contributed by atoms with Crippen molar-refractivity contribution in [2.45, 2.75) is 39.2 Å². The molecule has 0 unspecified atom stereocenters. The Morgan fingerprint density at radius 2 is 1.81 bits per heavy atom. The maximum atomic E-state index is 12.5. The van der Waals surface area contributed by atoms with E-state index >= 15 is 0 Å². The predicted molar refractivity (Wildman–Crippen MR) is 106 cm³/mol. The molecule has 0 saturated carbocycles. The Labute approximate surface area is 156 Å². The molecule has 1 fully saturated rings. The van der Waals surface area contributed by atoms with Gasteiger partial charge in [0.05, 0.1) is 6.61 Å². The summed E-state index contributed by atoms with van der Waals surface area (Å²) >= 11 is 0. The van der Waals surface area contributed by atoms with Crippen molar-refractivity contribution in [1.29, 1.82) is 0 Å². The number of carbonyl (C=O) groups excluding carboxylic acids is 1. The van der Waals surface area contributed by atoms with Gasteiger partial charge in [-0.05, 0) is 55.2 Å². The molecule has 1 N–H and O–H groups in total. The van der Waals surface area contributed by atoms with Crippen LogP contribution in [0.3, 0.4) is 0 Å². The lowest BCUT2D eigenvalue weighted by molar-refractivity contribution is 0.0951. The largest absolute Gasteiger partial charge is 0.494 e. The molecule has 0 atom stereocenters. The number of ether oxygens (including phenoxy) is 1. The highest BCUT2D eigenvalue weighted by Crippen LogP contribution is 2.24. The zero-order chi connectivity index (χ0) is 18.2. The van der Waals surface area contributed by atoms with Crippen LogP contribution in [0.2, 0.25) is 0 Å². The van der Waals surface area contributed by atoms with Crippen molar-refractivity contribution in [2.75, 3.05) is 24.6 Å². The molecule has 0 aromatic heterocycles. The quantitative estimate of drug-likeness (QED) is 0.716. The van der Waals surface area contributed by atoms with Crippen molar-refractivity contribution < 1.29 is 9.53 Å². The predicted octanol–water partition coefficient (Wildman–Crippen LogP) is 4.40. The molecule has 1 aliphatic rings. The number of amides is 1. The van der Waals surface area contributed by atoms with Gasteiger partial charge in [-0.2, -0.15) is 0 Å². The number of nitrogens with zero attached hydrogens (tertiary/aromatic N) is 1. The number of hydrogen-bond donors (Lipinski definition) is 1. The summed E-state index contributed by atoms with van der Waals surface area (Å²) in [6.45, 7) is 5.60. The van der Waals surface area contributed by atoms with Gasteiger partial charge in [-0.3, -0.25) is 4.79 Å². The molecule has 0 spiro atoms. The second kappa shape index (κ2) is 9.27. The third-order valence-corrected chi connectivity index (χ3v) is 4.76. The average molecular weight is 352 g/mol. The summed E-state index contributed by atoms with van der Waals surface area (Å²) in [6, 6.07) is 15.7. The first-order valence-corrected chi connectivity index (χ1v) is 9.62. The number of unbranched alkanes of at least 4 members (excludes halogenated alkanes) is 1. The molecule has 3 rings (SSSR count). The summed E-state index contributed by atoms with van der Waals surface area (Å²) in [5, 5.41) is 3.04. The number of carbonyl (C=O) groups is 1. The molecule has 1 heterocycles. The van der Waals surface area contributed by atoms with Crippen LogP contribution in [-0.4, -0.2) is 25.6 Å². The van der Waals surface area contributed by atoms with Crippen LogP contribution in [0.15, 0.2) is 48.5 Å². The third-order valence-electron chi connectivity index (χ3n) is 4.76. The Kier molecular flexibility index (Phi) is 6.53. The second-order valence-corrected chi connectivity index (χ2v) is 6.73. The molecule has 0 bridgehead atoms. The smallest absolute Gasteiger partial charge is 0.251 e. The van der Waals surface area contributed by atoms with Crippen LogP contribution in [0, 0.1) is 0 Å². The van der Waals surface area contributed by atoms with Crippen LogP contribution in [0.1, 0.15) is 48.5 Å². The number of para-hydroxylation sites is 1. The standard InChI is InChI=1S/C22H28N2O2/c1-2-3-16-26-20-12-10-18(11-13-20)22(25)23-17-19-8-4-5-9-21(19)24-14-6-7-15-24/h4-5,8-13H,2-3,6-7,14-17H2,1H3,(H,23,25). The Hall–Kier alpha value is -2.49. The molecule has 0 aliphatic carbocycles. The normalized spacial score (nSPS) is 13.7. The highest BCUT2D eigenvalue weighted by molar-refractivity contribution is 5.94. The molecule has 0 radical (unpaired) electrons. The van der Waals surface area contributed by atoms with Crippen LogP contribution in [-0.2, 0) is 6.54 Å². The van der Waals surface area contributed by atoms with Crippen LogP contribution < -0.4 is 15.0 Å². The Morgan fingerprint density at radius 1 is 1.08 bits per heavy atom. The van der Waals surface area contributed by atoms with E-state index in [1.165, 1.54) is 24.1 Å². The number of benzene rings is 2. The number of anilines is 1. The molecule has 2 aromatic rings. The van der Waals surface area contributed by atoms with Gasteiger partial charge in [-0.1, -0.05) is 31.5 Å². The first-order chi connectivity index (χ1) is 12.8. The zero-order valence-electron chi connectivity index (χ0n) is 15.5. The fraction of sp³-hybridized carbons (Fsp3) is 0.409. The lowest BCUT2D eigenvalue weighted by Gasteiger charge is -2.21. The van der Waals surface area contributed by atoms with Crippen molar-refractivity contribution in [3.63, 3.8) is 0 Å². The third kappa shape index (κ3) is 4.78. The highest BCUT2D eigenvalue weighted by Gasteiger charge is 2.15. The molecule has 4 heteroatoms. The topological polar surface area (TPSA) is 41.6 Å². The Balaban J connectivity index is 1.57. The fourth-order valence-electron chi connectivity index (χ4n) is 3.24. The monoisotopic (exact) mass is 352 g/mol. The molecular weight excluding hydrogens is 324 g/mol. The SMILES string of the molecule is CCCCOc1ccc(C(=O)NCc2ccccc2N2CCCC2)cc1. The summed E-state index contributed by atoms with van der Waals surface area (Å²) in [7, 11) is 0. The van der Waals surface area contributed by atoms with Gasteiger partial charge in [-0.15, -0.1) is 0 Å². The Morgan fingerprint density at radius 3 is 2.54 bits per heavy atom. The van der Waals surface area contributed by atoms with Crippen LogP contribution in [0.25, 0.3) is 0 Å². The van der Waals surface area contributed by atoms with Gasteiger partial charge in [0.15, 0.2) is 0 Å². The van der Waals surface area contributed by atoms with Gasteiger partial charge < -0.3 is 15.0 Å². The minimum absolute atomic E-state index is 0.0543. The van der Waals surface area contributed by atoms with Crippen molar-refractivity contribution in [3.05, 3.63) is 59.7 Å². The summed E-state index contributed by atoms with van der Waals surface area (Å²) in [4.78, 5) is 14.9. The molecule has 138 valence electrons. The summed E-state index contributed by atoms with van der Waals surface area (Å²) in [5.41, 5.74) is 3.07. The second-order valence-electron chi connectivity index (χ2n) is 6.73. The average Bonchev–Trinajstić information content (AvgIpc) is 3.22. The minimum atomic E-state index is -0.0543. The summed E-state index contributed by atoms with van der Waals surface area (Å²) < 4.78 is 5.65. The van der Waals surface area contributed by atoms with Crippen LogP contribution in [0.5, 0.6) is 5.75 Å². The minimum Gasteiger partial charge on any atom is -0.494 e. The fourth-order valence-corrected chi connectivity index (χ4v) is 3.24. The van der Waals surface area contributed by atoms with Crippen molar-refractivity contribution >= 4 is 11.6 Å². The van der Waals surface area contributed by atoms with Gasteiger partial charge in [0.1, 0.15) is 5.75 Å². The molecule has 1 aliphatic heterocycles. The lowest BCUT2D eigenvalue weighted by atomic mass is 10.1. The highest BCUT2D eigenvalue weighted by atomic mass is 16.5. The van der Waals surface area contributed by atoms with E-state index in [1.54, 1.807) is 0 Å². The molecule has 2 aromatic carbocycles. The number of rotatable bonds is 8. The van der Waals surface area contributed by atoms with Crippen molar-refractivity contribution in [1.82, 2.24) is 5.32 Å². The first kappa shape index (κ1) is 18.3. The van der Waals surface area contributed by atoms with E-state index in [2.05, 4.69) is 35.3 Å². The van der Waals surface area contributed by atoms with E-state index in [0.717, 1.165) is 38.3 Å². The molecule has 1 saturated heterocycles. The Bertz CT molecular complexity index is 706. The van der Waals surface area contributed by atoms with Gasteiger partial charge in [0.25, 0.3) is 5.91 Å². The summed E-state index contributed by atoms with van der Waals surface area (Å²) in [5.74, 6) is 0.760. The van der Waals surface area contributed by atoms with E-state index in [-0.39, 0.29) is 5.91 Å². The van der Waals surface area contributed by atoms with Crippen LogP contribution >= 0.6 is 0 Å². The van der Waals surface area contributed by atoms with Gasteiger partial charge >= 0.3 is 0 Å². The summed E-state index contributed by atoms with van der Waals surface area (Å²) in [6.07, 6.45) is 4.64. The van der Waals surface area contributed by atoms with Gasteiger partial charge in [0.2, 0.25) is 0 Å². The van der Waals surface area contributed by atoms with E-state index < -0.39 is 0 Å². The number of hydrogen-bond acceptors (Lipinski definition) is 3.